The number of hydrogen-bond donors (Lipinski definition) is 2. The van der Waals surface area contributed by atoms with Crippen LogP contribution in [0.1, 0.15) is 63.0 Å². The molecule has 1 amide bonds. The number of phenolic OH excluding ortho intramolecular Hbond substituents is 1. The molecular weight excluding hydrogens is 495 g/mol. The van der Waals surface area contributed by atoms with E-state index in [0.717, 1.165) is 6.07 Å². The van der Waals surface area contributed by atoms with E-state index < -0.39 is 42.0 Å². The summed E-state index contributed by atoms with van der Waals surface area (Å²) in [5.74, 6) is -0.693. The standard InChI is InChI=1S/C23H27ClF3NO5S/c1-21(2,3)13-11-16(33-7)18(22(4,5)6)17(19(13)29)20(30)28-15-9-8-12(10-14(15)24)34(31,32)23(25,26)27/h8-11,29H,1-7H3,(H,28,30). The number of nitrogens with one attached hydrogen (secondary N) is 1. The Kier molecular flexibility index (Phi) is 7.32. The van der Waals surface area contributed by atoms with Crippen LogP contribution in [-0.4, -0.2) is 32.0 Å². The number of carbonyl (C=O) groups is 1. The molecule has 0 heterocycles. The molecule has 0 aromatic heterocycles. The monoisotopic (exact) mass is 521 g/mol. The number of anilines is 1. The SMILES string of the molecule is COc1cc(C(C)(C)C)c(O)c(C(=O)Nc2ccc(S(=O)(=O)C(F)(F)F)cc2Cl)c1C(C)(C)C. The smallest absolute Gasteiger partial charge is 0.501 e. The largest absolute Gasteiger partial charge is 0.507 e. The Morgan fingerprint density at radius 2 is 1.59 bits per heavy atom. The maximum Gasteiger partial charge on any atom is 0.501 e. The molecule has 0 unspecified atom stereocenters. The van der Waals surface area contributed by atoms with Gasteiger partial charge in [0.2, 0.25) is 0 Å². The molecule has 6 nitrogen and oxygen atoms in total. The summed E-state index contributed by atoms with van der Waals surface area (Å²) in [6, 6.07) is 3.92. The van der Waals surface area contributed by atoms with Crippen molar-refractivity contribution in [1.82, 2.24) is 0 Å². The van der Waals surface area contributed by atoms with Crippen molar-refractivity contribution in [2.45, 2.75) is 62.8 Å². The normalized spacial score (nSPS) is 13.0. The lowest BCUT2D eigenvalue weighted by Crippen LogP contribution is -2.25. The first-order valence-corrected chi connectivity index (χ1v) is 12.0. The van der Waals surface area contributed by atoms with Gasteiger partial charge in [0.15, 0.2) is 0 Å². The van der Waals surface area contributed by atoms with Gasteiger partial charge >= 0.3 is 5.51 Å². The highest BCUT2D eigenvalue weighted by atomic mass is 35.5. The topological polar surface area (TPSA) is 92.7 Å². The summed E-state index contributed by atoms with van der Waals surface area (Å²) < 4.78 is 67.4. The highest BCUT2D eigenvalue weighted by Gasteiger charge is 2.47. The number of hydrogen-bond acceptors (Lipinski definition) is 5. The summed E-state index contributed by atoms with van der Waals surface area (Å²) in [4.78, 5) is 12.3. The zero-order valence-corrected chi connectivity index (χ0v) is 21.4. The summed E-state index contributed by atoms with van der Waals surface area (Å²) in [6.07, 6.45) is 0. The first kappa shape index (κ1) is 27.8. The lowest BCUT2D eigenvalue weighted by Gasteiger charge is -2.30. The number of phenols is 1. The summed E-state index contributed by atoms with van der Waals surface area (Å²) in [7, 11) is -4.18. The molecule has 0 aliphatic carbocycles. The lowest BCUT2D eigenvalue weighted by molar-refractivity contribution is -0.0436. The van der Waals surface area contributed by atoms with Crippen molar-refractivity contribution in [3.63, 3.8) is 0 Å². The van der Waals surface area contributed by atoms with Gasteiger partial charge < -0.3 is 15.2 Å². The van der Waals surface area contributed by atoms with E-state index in [9.17, 15) is 31.5 Å². The molecule has 0 spiro atoms. The number of halogens is 4. The Morgan fingerprint density at radius 1 is 1.03 bits per heavy atom. The Hall–Kier alpha value is -2.46. The number of rotatable bonds is 4. The molecule has 0 fully saturated rings. The van der Waals surface area contributed by atoms with Crippen molar-refractivity contribution >= 4 is 33.0 Å². The van der Waals surface area contributed by atoms with E-state index in [4.69, 9.17) is 16.3 Å². The fourth-order valence-corrected chi connectivity index (χ4v) is 4.51. The van der Waals surface area contributed by atoms with E-state index in [-0.39, 0.29) is 17.0 Å². The molecule has 188 valence electrons. The summed E-state index contributed by atoms with van der Waals surface area (Å²) in [5.41, 5.74) is -6.08. The zero-order chi connectivity index (χ0) is 26.4. The van der Waals surface area contributed by atoms with Crippen LogP contribution in [-0.2, 0) is 20.7 Å². The third-order valence-electron chi connectivity index (χ3n) is 5.07. The molecular formula is C23H27ClF3NO5S. The highest BCUT2D eigenvalue weighted by molar-refractivity contribution is 7.92. The zero-order valence-electron chi connectivity index (χ0n) is 19.8. The third kappa shape index (κ3) is 5.27. The first-order valence-electron chi connectivity index (χ1n) is 10.1. The van der Waals surface area contributed by atoms with Gasteiger partial charge in [-0.05, 0) is 35.1 Å². The van der Waals surface area contributed by atoms with Crippen molar-refractivity contribution < 1.29 is 36.2 Å². The van der Waals surface area contributed by atoms with Crippen LogP contribution in [0.4, 0.5) is 18.9 Å². The first-order chi connectivity index (χ1) is 15.2. The average Bonchev–Trinajstić information content (AvgIpc) is 2.66. The molecule has 2 rings (SSSR count). The predicted molar refractivity (Wildman–Crippen MR) is 125 cm³/mol. The fourth-order valence-electron chi connectivity index (χ4n) is 3.43. The van der Waals surface area contributed by atoms with Crippen LogP contribution < -0.4 is 10.1 Å². The van der Waals surface area contributed by atoms with Gasteiger partial charge in [0, 0.05) is 11.1 Å². The molecule has 0 saturated carbocycles. The molecule has 2 aromatic carbocycles. The van der Waals surface area contributed by atoms with Crippen molar-refractivity contribution in [3.8, 4) is 11.5 Å². The Balaban J connectivity index is 2.67. The quantitative estimate of drug-likeness (QED) is 0.500. The second kappa shape index (κ2) is 8.96. The van der Waals surface area contributed by atoms with Crippen LogP contribution >= 0.6 is 11.6 Å². The van der Waals surface area contributed by atoms with E-state index in [2.05, 4.69) is 5.32 Å². The highest BCUT2D eigenvalue weighted by Crippen LogP contribution is 2.45. The van der Waals surface area contributed by atoms with Crippen LogP contribution in [0, 0.1) is 0 Å². The van der Waals surface area contributed by atoms with Crippen LogP contribution in [0.2, 0.25) is 5.02 Å². The Labute approximate surface area is 202 Å². The third-order valence-corrected chi connectivity index (χ3v) is 6.87. The molecule has 0 saturated heterocycles. The summed E-state index contributed by atoms with van der Waals surface area (Å²) in [5, 5.41) is 13.1. The van der Waals surface area contributed by atoms with Crippen LogP contribution in [0.25, 0.3) is 0 Å². The van der Waals surface area contributed by atoms with Gasteiger partial charge in [0.25, 0.3) is 15.7 Å². The number of methoxy groups -OCH3 is 1. The molecule has 2 N–H and O–H groups in total. The second-order valence-corrected chi connectivity index (χ2v) is 12.1. The minimum Gasteiger partial charge on any atom is -0.507 e. The van der Waals surface area contributed by atoms with Gasteiger partial charge in [-0.25, -0.2) is 8.42 Å². The lowest BCUT2D eigenvalue weighted by atomic mass is 9.77. The van der Waals surface area contributed by atoms with E-state index in [1.54, 1.807) is 6.07 Å². The van der Waals surface area contributed by atoms with Crippen molar-refractivity contribution in [1.29, 1.82) is 0 Å². The summed E-state index contributed by atoms with van der Waals surface area (Å²) in [6.45, 7) is 11.0. The molecule has 34 heavy (non-hydrogen) atoms. The number of carbonyl (C=O) groups excluding carboxylic acids is 1. The number of ether oxygens (including phenoxy) is 1. The van der Waals surface area contributed by atoms with E-state index in [0.29, 0.717) is 29.0 Å². The Bertz CT molecular complexity index is 1230. The molecule has 0 atom stereocenters. The van der Waals surface area contributed by atoms with E-state index >= 15 is 0 Å². The van der Waals surface area contributed by atoms with Crippen LogP contribution in [0.3, 0.4) is 0 Å². The maximum atomic E-state index is 13.4. The number of benzene rings is 2. The van der Waals surface area contributed by atoms with Crippen molar-refractivity contribution in [2.75, 3.05) is 12.4 Å². The number of aromatic hydroxyl groups is 1. The summed E-state index contributed by atoms with van der Waals surface area (Å²) >= 11 is 6.02. The molecule has 0 aliphatic heterocycles. The minimum atomic E-state index is -5.61. The predicted octanol–water partition coefficient (Wildman–Crippen LogP) is 6.20. The second-order valence-electron chi connectivity index (χ2n) is 9.77. The molecule has 0 bridgehead atoms. The van der Waals surface area contributed by atoms with Gasteiger partial charge in [-0.15, -0.1) is 0 Å². The van der Waals surface area contributed by atoms with Crippen LogP contribution in [0.5, 0.6) is 11.5 Å². The fraction of sp³-hybridized carbons (Fsp3) is 0.435. The van der Waals surface area contributed by atoms with E-state index in [1.165, 1.54) is 7.11 Å². The van der Waals surface area contributed by atoms with Gasteiger partial charge in [-0.3, -0.25) is 4.79 Å². The van der Waals surface area contributed by atoms with Gasteiger partial charge in [0.05, 0.1) is 28.3 Å². The van der Waals surface area contributed by atoms with Crippen LogP contribution in [0.15, 0.2) is 29.2 Å². The van der Waals surface area contributed by atoms with Gasteiger partial charge in [-0.2, -0.15) is 13.2 Å². The number of sulfone groups is 1. The Morgan fingerprint density at radius 3 is 2.00 bits per heavy atom. The average molecular weight is 522 g/mol. The van der Waals surface area contributed by atoms with E-state index in [1.807, 2.05) is 41.5 Å². The molecule has 0 radical (unpaired) electrons. The minimum absolute atomic E-state index is 0.0835. The maximum absolute atomic E-state index is 13.4. The van der Waals surface area contributed by atoms with Crippen molar-refractivity contribution in [2.24, 2.45) is 0 Å². The molecule has 2 aromatic rings. The molecule has 0 aliphatic rings. The number of alkyl halides is 3. The van der Waals surface area contributed by atoms with Gasteiger partial charge in [0.1, 0.15) is 11.5 Å². The number of amides is 1. The molecule has 11 heteroatoms. The van der Waals surface area contributed by atoms with Crippen molar-refractivity contribution in [3.05, 3.63) is 46.0 Å². The van der Waals surface area contributed by atoms with Gasteiger partial charge in [-0.1, -0.05) is 53.1 Å².